The number of aryl methyl sites for hydroxylation is 2. The molecule has 3 rings (SSSR count). The number of nitrogens with zero attached hydrogens (tertiary/aromatic N) is 5. The van der Waals surface area contributed by atoms with E-state index in [1.54, 1.807) is 6.07 Å². The fourth-order valence-electron chi connectivity index (χ4n) is 2.74. The second kappa shape index (κ2) is 6.04. The number of aromatic nitrogens is 3. The molecule has 1 aliphatic heterocycles. The Morgan fingerprint density at radius 3 is 3.09 bits per heavy atom. The van der Waals surface area contributed by atoms with Crippen LogP contribution in [-0.2, 0) is 19.4 Å². The highest BCUT2D eigenvalue weighted by molar-refractivity contribution is 5.59. The minimum absolute atomic E-state index is 0.0607. The van der Waals surface area contributed by atoms with Gasteiger partial charge in [0.05, 0.1) is 11.5 Å². The van der Waals surface area contributed by atoms with Gasteiger partial charge in [0.15, 0.2) is 5.82 Å². The molecule has 2 heterocycles. The number of nitrogens with one attached hydrogen (secondary N) is 1. The summed E-state index contributed by atoms with van der Waals surface area (Å²) in [6, 6.07) is 6.54. The Morgan fingerprint density at radius 2 is 2.39 bits per heavy atom. The number of fused-ring (bicyclic) bond motifs is 1. The predicted molar refractivity (Wildman–Crippen MR) is 82.9 cm³/mol. The van der Waals surface area contributed by atoms with Gasteiger partial charge in [0.2, 0.25) is 0 Å². The third-order valence-corrected chi connectivity index (χ3v) is 3.90. The first-order valence-corrected chi connectivity index (χ1v) is 7.48. The molecule has 0 radical (unpaired) electrons. The molecule has 0 amide bonds. The molecule has 1 aliphatic rings. The van der Waals surface area contributed by atoms with Crippen LogP contribution in [0.5, 0.6) is 0 Å². The fraction of sp³-hybridized carbons (Fsp3) is 0.400. The van der Waals surface area contributed by atoms with Gasteiger partial charge in [-0.2, -0.15) is 10.4 Å². The predicted octanol–water partition coefficient (Wildman–Crippen LogP) is 2.05. The van der Waals surface area contributed by atoms with Crippen LogP contribution in [0, 0.1) is 21.4 Å². The van der Waals surface area contributed by atoms with Gasteiger partial charge < -0.3 is 5.32 Å². The van der Waals surface area contributed by atoms with Gasteiger partial charge in [-0.3, -0.25) is 10.1 Å². The van der Waals surface area contributed by atoms with Crippen LogP contribution < -0.4 is 5.32 Å². The number of anilines is 1. The van der Waals surface area contributed by atoms with Crippen molar-refractivity contribution in [3.63, 3.8) is 0 Å². The van der Waals surface area contributed by atoms with Crippen LogP contribution in [0.4, 0.5) is 11.4 Å². The summed E-state index contributed by atoms with van der Waals surface area (Å²) in [5.41, 5.74) is 0.592. The van der Waals surface area contributed by atoms with Crippen molar-refractivity contribution < 1.29 is 4.92 Å². The first kappa shape index (κ1) is 15.0. The highest BCUT2D eigenvalue weighted by atomic mass is 16.6. The second-order valence-corrected chi connectivity index (χ2v) is 5.46. The maximum atomic E-state index is 10.9. The van der Waals surface area contributed by atoms with Gasteiger partial charge in [-0.25, -0.2) is 9.67 Å². The molecule has 0 bridgehead atoms. The van der Waals surface area contributed by atoms with Crippen molar-refractivity contribution in [2.45, 2.75) is 38.8 Å². The summed E-state index contributed by atoms with van der Waals surface area (Å²) in [7, 11) is 0. The van der Waals surface area contributed by atoms with E-state index in [0.29, 0.717) is 12.2 Å². The molecule has 1 N–H and O–H groups in total. The molecular weight excluding hydrogens is 296 g/mol. The van der Waals surface area contributed by atoms with Crippen molar-refractivity contribution in [2.24, 2.45) is 0 Å². The van der Waals surface area contributed by atoms with Gasteiger partial charge in [0.1, 0.15) is 17.5 Å². The van der Waals surface area contributed by atoms with E-state index >= 15 is 0 Å². The van der Waals surface area contributed by atoms with Crippen LogP contribution in [0.1, 0.15) is 30.6 Å². The molecule has 0 spiro atoms. The van der Waals surface area contributed by atoms with Crippen molar-refractivity contribution >= 4 is 11.4 Å². The van der Waals surface area contributed by atoms with Crippen LogP contribution in [0.25, 0.3) is 0 Å². The molecule has 2 aromatic rings. The Labute approximate surface area is 132 Å². The SMILES string of the molecule is CCc1nc2n(n1)C[C@H](Nc1ccc([N+](=O)[O-])c(C#N)c1)CC2. The lowest BCUT2D eigenvalue weighted by atomic mass is 10.1. The Kier molecular flexibility index (Phi) is 3.93. The van der Waals surface area contributed by atoms with Gasteiger partial charge in [-0.15, -0.1) is 0 Å². The Balaban J connectivity index is 1.75. The lowest BCUT2D eigenvalue weighted by Crippen LogP contribution is -2.32. The van der Waals surface area contributed by atoms with Gasteiger partial charge >= 0.3 is 0 Å². The summed E-state index contributed by atoms with van der Waals surface area (Å²) in [5, 5.41) is 27.7. The van der Waals surface area contributed by atoms with Gasteiger partial charge in [0, 0.05) is 30.6 Å². The molecule has 8 heteroatoms. The van der Waals surface area contributed by atoms with Crippen molar-refractivity contribution in [1.82, 2.24) is 14.8 Å². The van der Waals surface area contributed by atoms with Crippen LogP contribution in [0.2, 0.25) is 0 Å². The van der Waals surface area contributed by atoms with E-state index in [4.69, 9.17) is 5.26 Å². The van der Waals surface area contributed by atoms with E-state index in [1.165, 1.54) is 12.1 Å². The van der Waals surface area contributed by atoms with Crippen molar-refractivity contribution in [2.75, 3.05) is 5.32 Å². The van der Waals surface area contributed by atoms with Gasteiger partial charge in [0.25, 0.3) is 5.69 Å². The number of nitro benzene ring substituents is 1. The zero-order valence-corrected chi connectivity index (χ0v) is 12.7. The topological polar surface area (TPSA) is 110 Å². The van der Waals surface area contributed by atoms with E-state index in [9.17, 15) is 10.1 Å². The summed E-state index contributed by atoms with van der Waals surface area (Å²) in [6.45, 7) is 2.72. The molecule has 0 unspecified atom stereocenters. The maximum absolute atomic E-state index is 10.9. The summed E-state index contributed by atoms with van der Waals surface area (Å²) in [6.07, 6.45) is 2.55. The lowest BCUT2D eigenvalue weighted by molar-refractivity contribution is -0.385. The van der Waals surface area contributed by atoms with Crippen molar-refractivity contribution in [3.05, 3.63) is 45.5 Å². The van der Waals surface area contributed by atoms with Crippen molar-refractivity contribution in [3.8, 4) is 6.07 Å². The Morgan fingerprint density at radius 1 is 1.57 bits per heavy atom. The second-order valence-electron chi connectivity index (χ2n) is 5.46. The van der Waals surface area contributed by atoms with Gasteiger partial charge in [-0.1, -0.05) is 6.92 Å². The van der Waals surface area contributed by atoms with E-state index in [2.05, 4.69) is 15.4 Å². The third-order valence-electron chi connectivity index (χ3n) is 3.90. The number of hydrogen-bond acceptors (Lipinski definition) is 6. The van der Waals surface area contributed by atoms with Crippen LogP contribution >= 0.6 is 0 Å². The molecule has 8 nitrogen and oxygen atoms in total. The average Bonchev–Trinajstić information content (AvgIpc) is 2.96. The minimum Gasteiger partial charge on any atom is -0.380 e. The van der Waals surface area contributed by atoms with E-state index < -0.39 is 4.92 Å². The van der Waals surface area contributed by atoms with Crippen LogP contribution in [-0.4, -0.2) is 25.7 Å². The number of nitro groups is 1. The molecule has 0 saturated carbocycles. The molecule has 1 atom stereocenters. The third kappa shape index (κ3) is 2.99. The normalized spacial score (nSPS) is 16.4. The summed E-state index contributed by atoms with van der Waals surface area (Å²) >= 11 is 0. The molecule has 1 aromatic heterocycles. The maximum Gasteiger partial charge on any atom is 0.287 e. The van der Waals surface area contributed by atoms with Crippen LogP contribution in [0.3, 0.4) is 0 Å². The minimum atomic E-state index is -0.545. The quantitative estimate of drug-likeness (QED) is 0.683. The largest absolute Gasteiger partial charge is 0.380 e. The first-order chi connectivity index (χ1) is 11.1. The Bertz CT molecular complexity index is 792. The average molecular weight is 312 g/mol. The van der Waals surface area contributed by atoms with Gasteiger partial charge in [-0.05, 0) is 18.6 Å². The van der Waals surface area contributed by atoms with E-state index in [-0.39, 0.29) is 17.3 Å². The summed E-state index contributed by atoms with van der Waals surface area (Å²) < 4.78 is 1.91. The smallest absolute Gasteiger partial charge is 0.287 e. The lowest BCUT2D eigenvalue weighted by Gasteiger charge is -2.24. The highest BCUT2D eigenvalue weighted by Crippen LogP contribution is 2.24. The Hall–Kier alpha value is -2.95. The highest BCUT2D eigenvalue weighted by Gasteiger charge is 2.22. The number of hydrogen-bond donors (Lipinski definition) is 1. The fourth-order valence-corrected chi connectivity index (χ4v) is 2.74. The van der Waals surface area contributed by atoms with Crippen molar-refractivity contribution in [1.29, 1.82) is 5.26 Å². The molecule has 0 saturated heterocycles. The van der Waals surface area contributed by atoms with E-state index in [0.717, 1.165) is 30.9 Å². The zero-order chi connectivity index (χ0) is 16.4. The molecule has 118 valence electrons. The standard InChI is InChI=1S/C15H16N6O2/c1-2-14-18-15-6-4-12(9-20(15)19-14)17-11-3-5-13(21(22)23)10(7-11)8-16/h3,5,7,12,17H,2,4,6,9H2,1H3/t12-/m1/s1. The zero-order valence-electron chi connectivity index (χ0n) is 12.7. The summed E-state index contributed by atoms with van der Waals surface area (Å²) in [5.74, 6) is 1.85. The molecular formula is C15H16N6O2. The first-order valence-electron chi connectivity index (χ1n) is 7.48. The molecule has 0 aliphatic carbocycles. The number of nitriles is 1. The van der Waals surface area contributed by atoms with E-state index in [1.807, 2.05) is 17.7 Å². The molecule has 0 fully saturated rings. The molecule has 23 heavy (non-hydrogen) atoms. The summed E-state index contributed by atoms with van der Waals surface area (Å²) in [4.78, 5) is 14.8. The molecule has 1 aromatic carbocycles. The monoisotopic (exact) mass is 312 g/mol. The number of benzene rings is 1. The number of rotatable bonds is 4. The van der Waals surface area contributed by atoms with Crippen LogP contribution in [0.15, 0.2) is 18.2 Å².